The van der Waals surface area contributed by atoms with Crippen molar-refractivity contribution < 1.29 is 22.0 Å². The van der Waals surface area contributed by atoms with Gasteiger partial charge in [-0.3, -0.25) is 10.1 Å². The van der Waals surface area contributed by atoms with E-state index in [1.807, 2.05) is 0 Å². The molecule has 0 fully saturated rings. The zero-order valence-electron chi connectivity index (χ0n) is 13.8. The minimum atomic E-state index is -3.68. The van der Waals surface area contributed by atoms with Crippen LogP contribution < -0.4 is 15.4 Å². The molecule has 3 N–H and O–H groups in total. The van der Waals surface area contributed by atoms with Crippen molar-refractivity contribution in [1.29, 1.82) is 0 Å². The van der Waals surface area contributed by atoms with Crippen molar-refractivity contribution in [2.24, 2.45) is 0 Å². The summed E-state index contributed by atoms with van der Waals surface area (Å²) in [4.78, 5) is 11.9. The van der Waals surface area contributed by atoms with Gasteiger partial charge in [0, 0.05) is 5.69 Å². The standard InChI is InChI=1S/C17H15N3O5S2/c21-16(15-4-2-10-25-15)20-17(26)19-12-5-7-14(8-6-12)27(22,23)18-11-13-3-1-9-24-13/h1-10,18H,11H2,(H2,19,20,21,26). The average molecular weight is 405 g/mol. The molecule has 2 heterocycles. The summed E-state index contributed by atoms with van der Waals surface area (Å²) in [6.45, 7) is 0.0538. The molecule has 3 aromatic rings. The maximum Gasteiger partial charge on any atom is 0.293 e. The van der Waals surface area contributed by atoms with Crippen LogP contribution in [0.5, 0.6) is 0 Å². The van der Waals surface area contributed by atoms with Crippen molar-refractivity contribution in [1.82, 2.24) is 10.0 Å². The summed E-state index contributed by atoms with van der Waals surface area (Å²) in [5, 5.41) is 5.31. The predicted molar refractivity (Wildman–Crippen MR) is 102 cm³/mol. The zero-order valence-corrected chi connectivity index (χ0v) is 15.5. The van der Waals surface area contributed by atoms with E-state index >= 15 is 0 Å². The molecule has 27 heavy (non-hydrogen) atoms. The molecule has 0 aliphatic rings. The first-order valence-electron chi connectivity index (χ1n) is 7.72. The van der Waals surface area contributed by atoms with E-state index in [9.17, 15) is 13.2 Å². The highest BCUT2D eigenvalue weighted by Crippen LogP contribution is 2.14. The Morgan fingerprint density at radius 3 is 2.33 bits per heavy atom. The lowest BCUT2D eigenvalue weighted by Gasteiger charge is -2.10. The number of thiocarbonyl (C=S) groups is 1. The molecule has 1 aromatic carbocycles. The first-order chi connectivity index (χ1) is 12.9. The van der Waals surface area contributed by atoms with Gasteiger partial charge in [-0.2, -0.15) is 0 Å². The molecule has 3 rings (SSSR count). The number of sulfonamides is 1. The number of furan rings is 2. The van der Waals surface area contributed by atoms with E-state index in [-0.39, 0.29) is 22.3 Å². The second-order valence-electron chi connectivity index (χ2n) is 5.31. The van der Waals surface area contributed by atoms with Gasteiger partial charge in [0.25, 0.3) is 5.91 Å². The Kier molecular flexibility index (Phi) is 5.69. The van der Waals surface area contributed by atoms with Gasteiger partial charge in [-0.1, -0.05) is 0 Å². The summed E-state index contributed by atoms with van der Waals surface area (Å²) in [5.74, 6) is 0.150. The molecular formula is C17H15N3O5S2. The van der Waals surface area contributed by atoms with Gasteiger partial charge in [0.05, 0.1) is 24.0 Å². The molecule has 0 aliphatic heterocycles. The van der Waals surface area contributed by atoms with Crippen molar-refractivity contribution in [3.63, 3.8) is 0 Å². The monoisotopic (exact) mass is 405 g/mol. The molecule has 0 aliphatic carbocycles. The molecule has 2 aromatic heterocycles. The largest absolute Gasteiger partial charge is 0.468 e. The van der Waals surface area contributed by atoms with Gasteiger partial charge >= 0.3 is 0 Å². The molecule has 0 bridgehead atoms. The molecular weight excluding hydrogens is 390 g/mol. The van der Waals surface area contributed by atoms with E-state index < -0.39 is 15.9 Å². The number of anilines is 1. The molecule has 1 amide bonds. The number of hydrogen-bond acceptors (Lipinski definition) is 6. The maximum atomic E-state index is 12.3. The van der Waals surface area contributed by atoms with Crippen LogP contribution in [-0.4, -0.2) is 19.4 Å². The molecule has 10 heteroatoms. The van der Waals surface area contributed by atoms with Crippen LogP contribution in [0.4, 0.5) is 5.69 Å². The van der Waals surface area contributed by atoms with Crippen molar-refractivity contribution in [2.75, 3.05) is 5.32 Å². The summed E-state index contributed by atoms with van der Waals surface area (Å²) in [6, 6.07) is 12.4. The third-order valence-electron chi connectivity index (χ3n) is 3.41. The summed E-state index contributed by atoms with van der Waals surface area (Å²) in [7, 11) is -3.68. The van der Waals surface area contributed by atoms with Crippen molar-refractivity contribution in [2.45, 2.75) is 11.4 Å². The summed E-state index contributed by atoms with van der Waals surface area (Å²) >= 11 is 5.05. The number of hydrogen-bond donors (Lipinski definition) is 3. The van der Waals surface area contributed by atoms with Crippen LogP contribution in [0.15, 0.2) is 74.8 Å². The van der Waals surface area contributed by atoms with E-state index in [0.717, 1.165) is 0 Å². The molecule has 0 radical (unpaired) electrons. The van der Waals surface area contributed by atoms with Gasteiger partial charge < -0.3 is 14.2 Å². The van der Waals surface area contributed by atoms with Gasteiger partial charge in [-0.15, -0.1) is 0 Å². The first kappa shape index (κ1) is 18.8. The zero-order chi connectivity index (χ0) is 19.3. The van der Waals surface area contributed by atoms with Gasteiger partial charge in [0.1, 0.15) is 5.76 Å². The van der Waals surface area contributed by atoms with Crippen molar-refractivity contribution in [3.05, 3.63) is 72.6 Å². The second-order valence-corrected chi connectivity index (χ2v) is 7.49. The highest BCUT2D eigenvalue weighted by molar-refractivity contribution is 7.89. The molecule has 0 saturated heterocycles. The normalized spacial score (nSPS) is 11.1. The van der Waals surface area contributed by atoms with Crippen LogP contribution in [0.3, 0.4) is 0 Å². The highest BCUT2D eigenvalue weighted by Gasteiger charge is 2.15. The highest BCUT2D eigenvalue weighted by atomic mass is 32.2. The maximum absolute atomic E-state index is 12.3. The second kappa shape index (κ2) is 8.16. The molecule has 0 spiro atoms. The Hall–Kier alpha value is -2.95. The molecule has 8 nitrogen and oxygen atoms in total. The minimum Gasteiger partial charge on any atom is -0.468 e. The van der Waals surface area contributed by atoms with Gasteiger partial charge in [0.15, 0.2) is 10.9 Å². The molecule has 0 saturated carbocycles. The SMILES string of the molecule is O=C(NC(=S)Nc1ccc(S(=O)(=O)NCc2ccco2)cc1)c1ccco1. The Bertz CT molecular complexity index is 1010. The van der Waals surface area contributed by atoms with Gasteiger partial charge in [-0.05, 0) is 60.7 Å². The van der Waals surface area contributed by atoms with Crippen molar-refractivity contribution in [3.8, 4) is 0 Å². The van der Waals surface area contributed by atoms with E-state index in [1.165, 1.54) is 42.9 Å². The fourth-order valence-electron chi connectivity index (χ4n) is 2.11. The Labute approximate surface area is 160 Å². The lowest BCUT2D eigenvalue weighted by atomic mass is 10.3. The van der Waals surface area contributed by atoms with E-state index in [0.29, 0.717) is 11.4 Å². The van der Waals surface area contributed by atoms with Crippen LogP contribution in [0.2, 0.25) is 0 Å². The van der Waals surface area contributed by atoms with Crippen LogP contribution in [-0.2, 0) is 16.6 Å². The third-order valence-corrected chi connectivity index (χ3v) is 5.03. The predicted octanol–water partition coefficient (Wildman–Crippen LogP) is 2.48. The third kappa shape index (κ3) is 5.03. The Balaban J connectivity index is 1.57. The summed E-state index contributed by atoms with van der Waals surface area (Å²) < 4.78 is 37.1. The molecule has 140 valence electrons. The molecule has 0 atom stereocenters. The number of benzene rings is 1. The number of carbonyl (C=O) groups is 1. The van der Waals surface area contributed by atoms with Gasteiger partial charge in [0.2, 0.25) is 10.0 Å². The van der Waals surface area contributed by atoms with Crippen LogP contribution in [0, 0.1) is 0 Å². The van der Waals surface area contributed by atoms with E-state index in [2.05, 4.69) is 15.4 Å². The number of rotatable bonds is 6. The fourth-order valence-corrected chi connectivity index (χ4v) is 3.32. The molecule has 0 unspecified atom stereocenters. The van der Waals surface area contributed by atoms with Crippen LogP contribution in [0.1, 0.15) is 16.3 Å². The Morgan fingerprint density at radius 1 is 1.00 bits per heavy atom. The van der Waals surface area contributed by atoms with Crippen LogP contribution >= 0.6 is 12.2 Å². The quantitative estimate of drug-likeness (QED) is 0.540. The number of carbonyl (C=O) groups excluding carboxylic acids is 1. The van der Waals surface area contributed by atoms with Crippen LogP contribution in [0.25, 0.3) is 0 Å². The first-order valence-corrected chi connectivity index (χ1v) is 9.61. The average Bonchev–Trinajstić information content (AvgIpc) is 3.34. The number of amides is 1. The van der Waals surface area contributed by atoms with Gasteiger partial charge in [-0.25, -0.2) is 13.1 Å². The topological polar surface area (TPSA) is 114 Å². The smallest absolute Gasteiger partial charge is 0.293 e. The summed E-state index contributed by atoms with van der Waals surface area (Å²) in [6.07, 6.45) is 2.85. The number of nitrogens with one attached hydrogen (secondary N) is 3. The summed E-state index contributed by atoms with van der Waals surface area (Å²) in [5.41, 5.74) is 0.518. The van der Waals surface area contributed by atoms with E-state index in [4.69, 9.17) is 21.1 Å². The lowest BCUT2D eigenvalue weighted by Crippen LogP contribution is -2.33. The lowest BCUT2D eigenvalue weighted by molar-refractivity contribution is 0.0950. The fraction of sp³-hybridized carbons (Fsp3) is 0.0588. The van der Waals surface area contributed by atoms with E-state index in [1.54, 1.807) is 18.2 Å². The van der Waals surface area contributed by atoms with Crippen molar-refractivity contribution >= 4 is 38.9 Å². The Morgan fingerprint density at radius 2 is 1.70 bits per heavy atom. The minimum absolute atomic E-state index is 0.0538.